The summed E-state index contributed by atoms with van der Waals surface area (Å²) < 4.78 is 5.66. The highest BCUT2D eigenvalue weighted by atomic mass is 127. The summed E-state index contributed by atoms with van der Waals surface area (Å²) in [4.78, 5) is 14.5. The van der Waals surface area contributed by atoms with Gasteiger partial charge in [-0.1, -0.05) is 13.0 Å². The molecule has 0 amide bonds. The van der Waals surface area contributed by atoms with Gasteiger partial charge in [0.15, 0.2) is 6.10 Å². The van der Waals surface area contributed by atoms with Crippen LogP contribution in [0.15, 0.2) is 24.4 Å². The second kappa shape index (κ2) is 5.27. The van der Waals surface area contributed by atoms with Crippen molar-refractivity contribution in [2.45, 2.75) is 18.9 Å². The Morgan fingerprint density at radius 1 is 1.50 bits per heavy atom. The number of aromatic amines is 1. The van der Waals surface area contributed by atoms with Gasteiger partial charge in [-0.2, -0.15) is 0 Å². The van der Waals surface area contributed by atoms with Gasteiger partial charge in [-0.25, -0.2) is 4.79 Å². The predicted octanol–water partition coefficient (Wildman–Crippen LogP) is 2.41. The van der Waals surface area contributed by atoms with Crippen LogP contribution < -0.4 is 0 Å². The maximum atomic E-state index is 11.4. The molecular weight excluding hydrogens is 345 g/mol. The SMILES string of the molecule is COC(=O)[C@H](O)[C@@H](C)c1c[nH]c2cccc(I)c12. The maximum absolute atomic E-state index is 11.4. The molecule has 0 spiro atoms. The number of rotatable bonds is 3. The number of carbonyl (C=O) groups is 1. The largest absolute Gasteiger partial charge is 0.467 e. The first-order chi connectivity index (χ1) is 8.56. The fourth-order valence-corrected chi connectivity index (χ4v) is 2.83. The highest BCUT2D eigenvalue weighted by Gasteiger charge is 2.26. The van der Waals surface area contributed by atoms with Crippen LogP contribution in [0, 0.1) is 3.57 Å². The Kier molecular flexibility index (Phi) is 3.91. The van der Waals surface area contributed by atoms with Crippen LogP contribution in [0.2, 0.25) is 0 Å². The van der Waals surface area contributed by atoms with Crippen LogP contribution in [-0.2, 0) is 9.53 Å². The number of aromatic nitrogens is 1. The topological polar surface area (TPSA) is 62.3 Å². The summed E-state index contributed by atoms with van der Waals surface area (Å²) in [5.74, 6) is -0.926. The molecule has 0 saturated heterocycles. The normalized spacial score (nSPS) is 14.4. The van der Waals surface area contributed by atoms with E-state index in [1.165, 1.54) is 7.11 Å². The van der Waals surface area contributed by atoms with Gasteiger partial charge in [0, 0.05) is 26.6 Å². The minimum Gasteiger partial charge on any atom is -0.467 e. The van der Waals surface area contributed by atoms with E-state index in [-0.39, 0.29) is 5.92 Å². The van der Waals surface area contributed by atoms with Crippen molar-refractivity contribution in [2.75, 3.05) is 7.11 Å². The standard InChI is InChI=1S/C13H14INO3/c1-7(12(16)13(17)18-2)8-6-15-10-5-3-4-9(14)11(8)10/h3-7,12,15-16H,1-2H3/t7-,12+/m0/s1. The van der Waals surface area contributed by atoms with Gasteiger partial charge in [0.1, 0.15) is 0 Å². The Bertz CT molecular complexity index is 579. The summed E-state index contributed by atoms with van der Waals surface area (Å²) in [6.07, 6.45) is 0.689. The van der Waals surface area contributed by atoms with Gasteiger partial charge < -0.3 is 14.8 Å². The lowest BCUT2D eigenvalue weighted by atomic mass is 9.95. The molecule has 0 aliphatic carbocycles. The summed E-state index contributed by atoms with van der Waals surface area (Å²) in [6.45, 7) is 1.81. The van der Waals surface area contributed by atoms with E-state index in [1.54, 1.807) is 0 Å². The summed E-state index contributed by atoms with van der Waals surface area (Å²) in [6, 6.07) is 5.93. The molecule has 2 rings (SSSR count). The maximum Gasteiger partial charge on any atom is 0.335 e. The molecule has 0 saturated carbocycles. The van der Waals surface area contributed by atoms with Crippen molar-refractivity contribution in [1.82, 2.24) is 4.98 Å². The Morgan fingerprint density at radius 2 is 2.22 bits per heavy atom. The number of hydrogen-bond donors (Lipinski definition) is 2. The van der Waals surface area contributed by atoms with Crippen LogP contribution >= 0.6 is 22.6 Å². The summed E-state index contributed by atoms with van der Waals surface area (Å²) in [7, 11) is 1.28. The molecular formula is C13H14INO3. The molecule has 1 heterocycles. The van der Waals surface area contributed by atoms with Gasteiger partial charge in [0.25, 0.3) is 0 Å². The molecule has 2 N–H and O–H groups in total. The van der Waals surface area contributed by atoms with E-state index in [4.69, 9.17) is 0 Å². The molecule has 0 unspecified atom stereocenters. The zero-order valence-corrected chi connectivity index (χ0v) is 12.3. The van der Waals surface area contributed by atoms with E-state index in [9.17, 15) is 9.90 Å². The molecule has 4 nitrogen and oxygen atoms in total. The molecule has 1 aromatic heterocycles. The first-order valence-electron chi connectivity index (χ1n) is 5.57. The van der Waals surface area contributed by atoms with Crippen LogP contribution in [0.1, 0.15) is 18.4 Å². The molecule has 2 atom stereocenters. The number of methoxy groups -OCH3 is 1. The third kappa shape index (κ3) is 2.24. The van der Waals surface area contributed by atoms with Gasteiger partial charge in [-0.05, 0) is 40.3 Å². The Hall–Kier alpha value is -1.08. The van der Waals surface area contributed by atoms with E-state index < -0.39 is 12.1 Å². The summed E-state index contributed by atoms with van der Waals surface area (Å²) in [5.41, 5.74) is 1.92. The molecule has 0 fully saturated rings. The van der Waals surface area contributed by atoms with E-state index in [0.717, 1.165) is 20.0 Å². The number of fused-ring (bicyclic) bond motifs is 1. The summed E-state index contributed by atoms with van der Waals surface area (Å²) in [5, 5.41) is 11.0. The first-order valence-corrected chi connectivity index (χ1v) is 6.65. The smallest absolute Gasteiger partial charge is 0.335 e. The molecule has 0 radical (unpaired) electrons. The number of aliphatic hydroxyl groups excluding tert-OH is 1. The number of benzene rings is 1. The van der Waals surface area contributed by atoms with Crippen molar-refractivity contribution in [2.24, 2.45) is 0 Å². The fourth-order valence-electron chi connectivity index (χ4n) is 2.02. The van der Waals surface area contributed by atoms with Crippen LogP contribution in [-0.4, -0.2) is 29.3 Å². The molecule has 0 aliphatic heterocycles. The fraction of sp³-hybridized carbons (Fsp3) is 0.308. The predicted molar refractivity (Wildman–Crippen MR) is 77.5 cm³/mol. The molecule has 5 heteroatoms. The number of carbonyl (C=O) groups excluding carboxylic acids is 1. The van der Waals surface area contributed by atoms with Crippen molar-refractivity contribution in [3.63, 3.8) is 0 Å². The molecule has 1 aromatic carbocycles. The van der Waals surface area contributed by atoms with Gasteiger partial charge in [-0.3, -0.25) is 0 Å². The number of aliphatic hydroxyl groups is 1. The van der Waals surface area contributed by atoms with Crippen molar-refractivity contribution >= 4 is 39.5 Å². The second-order valence-corrected chi connectivity index (χ2v) is 5.33. The lowest BCUT2D eigenvalue weighted by Crippen LogP contribution is -2.27. The average molecular weight is 359 g/mol. The van der Waals surface area contributed by atoms with Gasteiger partial charge in [0.2, 0.25) is 0 Å². The molecule has 0 bridgehead atoms. The second-order valence-electron chi connectivity index (χ2n) is 4.16. The number of hydrogen-bond acceptors (Lipinski definition) is 3. The van der Waals surface area contributed by atoms with E-state index >= 15 is 0 Å². The van der Waals surface area contributed by atoms with E-state index in [0.29, 0.717) is 0 Å². The third-order valence-electron chi connectivity index (χ3n) is 3.09. The number of nitrogens with one attached hydrogen (secondary N) is 1. The number of halogens is 1. The van der Waals surface area contributed by atoms with Gasteiger partial charge in [0.05, 0.1) is 7.11 Å². The monoisotopic (exact) mass is 359 g/mol. The molecule has 2 aromatic rings. The Morgan fingerprint density at radius 3 is 2.89 bits per heavy atom. The van der Waals surface area contributed by atoms with Crippen LogP contribution in [0.4, 0.5) is 0 Å². The van der Waals surface area contributed by atoms with Gasteiger partial charge in [-0.15, -0.1) is 0 Å². The quantitative estimate of drug-likeness (QED) is 0.654. The van der Waals surface area contributed by atoms with Crippen LogP contribution in [0.25, 0.3) is 10.9 Å². The Balaban J connectivity index is 2.45. The zero-order valence-electron chi connectivity index (χ0n) is 10.1. The minimum absolute atomic E-state index is 0.317. The number of ether oxygens (including phenoxy) is 1. The van der Waals surface area contributed by atoms with Crippen molar-refractivity contribution in [1.29, 1.82) is 0 Å². The number of H-pyrrole nitrogens is 1. The first kappa shape index (κ1) is 13.4. The lowest BCUT2D eigenvalue weighted by Gasteiger charge is -2.16. The Labute approximate surface area is 118 Å². The third-order valence-corrected chi connectivity index (χ3v) is 3.99. The summed E-state index contributed by atoms with van der Waals surface area (Å²) >= 11 is 2.25. The van der Waals surface area contributed by atoms with Crippen LogP contribution in [0.5, 0.6) is 0 Å². The van der Waals surface area contributed by atoms with Crippen molar-refractivity contribution < 1.29 is 14.6 Å². The highest BCUT2D eigenvalue weighted by Crippen LogP contribution is 2.31. The minimum atomic E-state index is -1.15. The number of esters is 1. The van der Waals surface area contributed by atoms with Crippen molar-refractivity contribution in [3.05, 3.63) is 33.5 Å². The van der Waals surface area contributed by atoms with E-state index in [1.807, 2.05) is 31.3 Å². The lowest BCUT2D eigenvalue weighted by molar-refractivity contribution is -0.151. The van der Waals surface area contributed by atoms with Gasteiger partial charge >= 0.3 is 5.97 Å². The average Bonchev–Trinajstić information content (AvgIpc) is 2.81. The highest BCUT2D eigenvalue weighted by molar-refractivity contribution is 14.1. The zero-order chi connectivity index (χ0) is 13.3. The van der Waals surface area contributed by atoms with Crippen molar-refractivity contribution in [3.8, 4) is 0 Å². The molecule has 96 valence electrons. The van der Waals surface area contributed by atoms with E-state index in [2.05, 4.69) is 32.3 Å². The molecule has 0 aliphatic rings. The van der Waals surface area contributed by atoms with Crippen LogP contribution in [0.3, 0.4) is 0 Å². The molecule has 18 heavy (non-hydrogen) atoms.